The minimum absolute atomic E-state index is 0.0153. The predicted octanol–water partition coefficient (Wildman–Crippen LogP) is 6.21. The second-order valence-electron chi connectivity index (χ2n) is 23.1. The van der Waals surface area contributed by atoms with E-state index in [1.165, 1.54) is 5.01 Å². The van der Waals surface area contributed by atoms with E-state index in [2.05, 4.69) is 65.7 Å². The van der Waals surface area contributed by atoms with Gasteiger partial charge in [-0.25, -0.2) is 5.43 Å². The zero-order valence-corrected chi connectivity index (χ0v) is 43.1. The van der Waals surface area contributed by atoms with Gasteiger partial charge in [0.1, 0.15) is 29.9 Å². The van der Waals surface area contributed by atoms with E-state index in [9.17, 15) is 19.5 Å². The maximum atomic E-state index is 15.2. The van der Waals surface area contributed by atoms with E-state index in [0.717, 1.165) is 83.1 Å². The van der Waals surface area contributed by atoms with Crippen LogP contribution in [0.1, 0.15) is 115 Å². The number of amides is 4. The van der Waals surface area contributed by atoms with Crippen molar-refractivity contribution in [2.24, 2.45) is 22.7 Å². The molecule has 7 atom stereocenters. The molecule has 16 heteroatoms. The van der Waals surface area contributed by atoms with Crippen molar-refractivity contribution in [3.8, 4) is 28.1 Å². The van der Waals surface area contributed by atoms with E-state index in [1.54, 1.807) is 30.3 Å². The first-order valence-electron chi connectivity index (χ1n) is 27.0. The van der Waals surface area contributed by atoms with Crippen molar-refractivity contribution in [1.82, 2.24) is 40.4 Å². The number of hydrogen-bond acceptors (Lipinski definition) is 11. The standard InChI is InChI=1S/C57H72N8O8/c1-6-63-45-18-17-37-29-41(45)42(50(63)40-13-9-21-58-46(40)33(2)72-5)30-56(3,4)32-73-54(70)43-14-10-22-65(61-43)52(68)44(27-34-25-38(37)28-39(66)26-34)59-51(67)49(36-11-7-8-12-36)64-24-20-57(55(64)71)19-23-62(31-57)53(69)48-47(60-48)35-15-16-35/h9,13,17-18,21,25-26,28-29,33,35-36,43-44,47-49,60-61,66H,6-8,10-12,14-16,19-20,22-24,27,30-32H2,1-5H3,(H,59,67)/t33-,43-,44-,47+,48+,49-,57+/m0/s1. The minimum Gasteiger partial charge on any atom is -0.508 e. The van der Waals surface area contributed by atoms with E-state index in [-0.39, 0.29) is 60.6 Å². The highest BCUT2D eigenvalue weighted by molar-refractivity contribution is 5.97. The summed E-state index contributed by atoms with van der Waals surface area (Å²) in [4.78, 5) is 81.2. The zero-order chi connectivity index (χ0) is 50.9. The molecule has 5 aliphatic heterocycles. The van der Waals surface area contributed by atoms with E-state index >= 15 is 9.59 Å². The molecule has 4 amide bonds. The average molecular weight is 997 g/mol. The predicted molar refractivity (Wildman–Crippen MR) is 274 cm³/mol. The smallest absolute Gasteiger partial charge is 0.324 e. The third-order valence-electron chi connectivity index (χ3n) is 17.4. The number of methoxy groups -OCH3 is 1. The summed E-state index contributed by atoms with van der Waals surface area (Å²) >= 11 is 0. The van der Waals surface area contributed by atoms with Crippen molar-refractivity contribution in [2.75, 3.05) is 39.9 Å². The number of nitrogens with one attached hydrogen (secondary N) is 3. The summed E-state index contributed by atoms with van der Waals surface area (Å²) < 4.78 is 14.3. The van der Waals surface area contributed by atoms with Crippen LogP contribution < -0.4 is 16.1 Å². The van der Waals surface area contributed by atoms with Gasteiger partial charge in [-0.3, -0.25) is 39.3 Å². The van der Waals surface area contributed by atoms with Crippen molar-refractivity contribution in [3.63, 3.8) is 0 Å². The molecule has 0 unspecified atom stereocenters. The number of benzene rings is 2. The Morgan fingerprint density at radius 2 is 1.77 bits per heavy atom. The van der Waals surface area contributed by atoms with E-state index in [4.69, 9.17) is 14.5 Å². The Bertz CT molecular complexity index is 2830. The summed E-state index contributed by atoms with van der Waals surface area (Å²) in [7, 11) is 1.68. The van der Waals surface area contributed by atoms with Gasteiger partial charge in [0.25, 0.3) is 5.91 Å². The van der Waals surface area contributed by atoms with Crippen LogP contribution in [0.5, 0.6) is 5.75 Å². The summed E-state index contributed by atoms with van der Waals surface area (Å²) in [5.41, 5.74) is 9.02. The van der Waals surface area contributed by atoms with Crippen LogP contribution in [0.2, 0.25) is 0 Å². The lowest BCUT2D eigenvalue weighted by Crippen LogP contribution is -2.62. The van der Waals surface area contributed by atoms with Gasteiger partial charge in [-0.1, -0.05) is 38.8 Å². The number of carbonyl (C=O) groups is 5. The van der Waals surface area contributed by atoms with Crippen LogP contribution in [-0.2, 0) is 52.8 Å². The quantitative estimate of drug-likeness (QED) is 0.104. The average Bonchev–Trinajstić information content (AvgIpc) is 4.22. The molecule has 2 aromatic carbocycles. The molecule has 73 heavy (non-hydrogen) atoms. The third-order valence-corrected chi connectivity index (χ3v) is 17.4. The molecule has 2 saturated carbocycles. The zero-order valence-electron chi connectivity index (χ0n) is 43.1. The van der Waals surface area contributed by atoms with Crippen molar-refractivity contribution < 1.29 is 38.6 Å². The maximum Gasteiger partial charge on any atom is 0.324 e. The largest absolute Gasteiger partial charge is 0.508 e. The number of hydrogen-bond donors (Lipinski definition) is 4. The Kier molecular flexibility index (Phi) is 13.2. The van der Waals surface area contributed by atoms with Crippen LogP contribution in [0.3, 0.4) is 0 Å². The molecule has 11 rings (SSSR count). The molecule has 6 bridgehead atoms. The fraction of sp³-hybridized carbons (Fsp3) is 0.579. The monoisotopic (exact) mass is 997 g/mol. The van der Waals surface area contributed by atoms with Gasteiger partial charge in [0.2, 0.25) is 17.7 Å². The van der Waals surface area contributed by atoms with Crippen LogP contribution in [0.25, 0.3) is 33.3 Å². The Hall–Kier alpha value is -5.84. The van der Waals surface area contributed by atoms with Crippen LogP contribution in [-0.4, -0.2) is 129 Å². The Labute approximate surface area is 427 Å². The lowest BCUT2D eigenvalue weighted by atomic mass is 9.84. The highest BCUT2D eigenvalue weighted by atomic mass is 16.5. The molecule has 0 radical (unpaired) electrons. The number of fused-ring (bicyclic) bond motifs is 6. The van der Waals surface area contributed by atoms with Gasteiger partial charge < -0.3 is 34.3 Å². The second kappa shape index (κ2) is 19.5. The summed E-state index contributed by atoms with van der Waals surface area (Å²) in [5.74, 6) is -0.776. The number of phenols is 1. The van der Waals surface area contributed by atoms with Crippen LogP contribution >= 0.6 is 0 Å². The lowest BCUT2D eigenvalue weighted by Gasteiger charge is -2.37. The molecule has 6 fully saturated rings. The summed E-state index contributed by atoms with van der Waals surface area (Å²) in [6, 6.07) is 13.1. The molecule has 1 spiro atoms. The van der Waals surface area contributed by atoms with Gasteiger partial charge in [-0.15, -0.1) is 0 Å². The summed E-state index contributed by atoms with van der Waals surface area (Å²) in [6.07, 6.45) is 9.96. The van der Waals surface area contributed by atoms with E-state index < -0.39 is 40.8 Å². The topological polar surface area (TPSA) is 198 Å². The molecule has 388 valence electrons. The van der Waals surface area contributed by atoms with Crippen LogP contribution in [0.15, 0.2) is 54.7 Å². The number of rotatable bonds is 10. The van der Waals surface area contributed by atoms with Crippen molar-refractivity contribution in [2.45, 2.75) is 148 Å². The Balaban J connectivity index is 0.942. The van der Waals surface area contributed by atoms with Gasteiger partial charge in [-0.05, 0) is 142 Å². The molecule has 2 aromatic heterocycles. The molecular formula is C57H72N8O8. The molecule has 4 saturated heterocycles. The number of aromatic nitrogens is 2. The van der Waals surface area contributed by atoms with Crippen molar-refractivity contribution in [3.05, 3.63) is 71.5 Å². The molecule has 7 heterocycles. The Morgan fingerprint density at radius 3 is 2.53 bits per heavy atom. The van der Waals surface area contributed by atoms with Gasteiger partial charge in [0, 0.05) is 80.4 Å². The first kappa shape index (κ1) is 49.4. The normalized spacial score (nSPS) is 27.4. The maximum absolute atomic E-state index is 15.2. The van der Waals surface area contributed by atoms with Crippen molar-refractivity contribution in [1.29, 1.82) is 0 Å². The first-order valence-corrected chi connectivity index (χ1v) is 27.0. The van der Waals surface area contributed by atoms with E-state index in [1.807, 2.05) is 24.0 Å². The number of esters is 1. The Morgan fingerprint density at radius 1 is 0.973 bits per heavy atom. The number of ether oxygens (including phenoxy) is 2. The fourth-order valence-corrected chi connectivity index (χ4v) is 13.2. The highest BCUT2D eigenvalue weighted by Crippen LogP contribution is 2.47. The van der Waals surface area contributed by atoms with Crippen LogP contribution in [0, 0.1) is 22.7 Å². The molecule has 4 N–H and O–H groups in total. The molecule has 16 nitrogen and oxygen atoms in total. The van der Waals surface area contributed by atoms with Gasteiger partial charge in [-0.2, -0.15) is 0 Å². The molecular weight excluding hydrogens is 925 g/mol. The number of phenolic OH excluding ortho intramolecular Hbond substituents is 1. The van der Waals surface area contributed by atoms with Gasteiger partial charge in [0.15, 0.2) is 0 Å². The number of cyclic esters (lactones) is 1. The molecule has 7 aliphatic rings. The number of pyridine rings is 1. The minimum atomic E-state index is -1.12. The number of hydrazine groups is 1. The summed E-state index contributed by atoms with van der Waals surface area (Å²) in [6.45, 7) is 10.7. The summed E-state index contributed by atoms with van der Waals surface area (Å²) in [5, 5.41) is 20.5. The third kappa shape index (κ3) is 9.41. The fourth-order valence-electron chi connectivity index (χ4n) is 13.2. The second-order valence-corrected chi connectivity index (χ2v) is 23.1. The first-order chi connectivity index (χ1) is 35.2. The number of aromatic hydroxyl groups is 1. The van der Waals surface area contributed by atoms with Gasteiger partial charge in [0.05, 0.1) is 29.5 Å². The van der Waals surface area contributed by atoms with Crippen LogP contribution in [0.4, 0.5) is 0 Å². The number of likely N-dealkylation sites (tertiary alicyclic amines) is 2. The SMILES string of the molecule is CCn1c(-c2cccnc2[C@H](C)OC)c2c3cc(ccc31)-c1cc(O)cc(c1)C[C@H](NC(=O)[C@H](C1CCCC1)N1CC[C@@]3(CCN(C(=O)[C@@H]4N[C@@H]4C4CC4)C3)C1=O)C(=O)N1CCC[C@H](N1)C(=O)OCC(C)(C)C2. The van der Waals surface area contributed by atoms with Crippen molar-refractivity contribution >= 4 is 40.5 Å². The number of nitrogens with zero attached hydrogens (tertiary/aromatic N) is 5. The lowest BCUT2D eigenvalue weighted by molar-refractivity contribution is -0.155. The molecule has 2 aliphatic carbocycles. The highest BCUT2D eigenvalue weighted by Gasteiger charge is 2.58. The molecule has 4 aromatic rings. The number of aryl methyl sites for hydroxylation is 1. The van der Waals surface area contributed by atoms with E-state index in [0.29, 0.717) is 76.3 Å². The van der Waals surface area contributed by atoms with Gasteiger partial charge >= 0.3 is 5.97 Å². The number of carbonyl (C=O) groups excluding carboxylic acids is 5.